The van der Waals surface area contributed by atoms with Gasteiger partial charge in [-0.3, -0.25) is 14.4 Å². The zero-order chi connectivity index (χ0) is 17.4. The Bertz CT molecular complexity index is 431. The van der Waals surface area contributed by atoms with E-state index in [1.54, 1.807) is 0 Å². The number of hydrogen-bond acceptors (Lipinski definition) is 9. The Balaban J connectivity index is 5.44. The highest BCUT2D eigenvalue weighted by atomic mass is 16.4. The Morgan fingerprint density at radius 1 is 1.05 bits per heavy atom. The molecule has 0 rings (SSSR count). The van der Waals surface area contributed by atoms with Crippen LogP contribution >= 0.6 is 0 Å². The van der Waals surface area contributed by atoms with E-state index in [2.05, 4.69) is 0 Å². The molecular formula is C13H20O9. The normalized spacial score (nSPS) is 19.0. The van der Waals surface area contributed by atoms with Gasteiger partial charge in [-0.2, -0.15) is 0 Å². The lowest BCUT2D eigenvalue weighted by molar-refractivity contribution is -0.139. The molecule has 0 aliphatic rings. The first-order valence-corrected chi connectivity index (χ1v) is 6.47. The Morgan fingerprint density at radius 3 is 2.00 bits per heavy atom. The molecule has 0 fully saturated rings. The van der Waals surface area contributed by atoms with Gasteiger partial charge in [0.1, 0.15) is 18.3 Å². The van der Waals surface area contributed by atoms with Crippen LogP contribution in [-0.2, 0) is 14.4 Å². The van der Waals surface area contributed by atoms with Crippen molar-refractivity contribution in [2.75, 3.05) is 6.61 Å². The highest BCUT2D eigenvalue weighted by Gasteiger charge is 2.34. The van der Waals surface area contributed by atoms with Gasteiger partial charge in [0, 0.05) is 0 Å². The largest absolute Gasteiger partial charge is 0.394 e. The summed E-state index contributed by atoms with van der Waals surface area (Å²) in [6.07, 6.45) is -8.78. The molecule has 0 spiro atoms. The van der Waals surface area contributed by atoms with Crippen molar-refractivity contribution in [3.63, 3.8) is 0 Å². The SMILES string of the molecule is CCC(O)C(O)/C=C(\C(=O)C=O)C(=O)C(O)C(O)C(O)CO. The number of hydrogen-bond donors (Lipinski definition) is 6. The van der Waals surface area contributed by atoms with Gasteiger partial charge in [0.25, 0.3) is 0 Å². The molecule has 0 aromatic rings. The van der Waals surface area contributed by atoms with Gasteiger partial charge in [-0.05, 0) is 12.5 Å². The third-order valence-corrected chi connectivity index (χ3v) is 2.96. The molecule has 9 heteroatoms. The summed E-state index contributed by atoms with van der Waals surface area (Å²) in [6.45, 7) is 0.560. The molecule has 5 unspecified atom stereocenters. The Hall–Kier alpha value is -1.49. The molecule has 22 heavy (non-hydrogen) atoms. The first-order valence-electron chi connectivity index (χ1n) is 6.47. The Labute approximate surface area is 126 Å². The van der Waals surface area contributed by atoms with Gasteiger partial charge >= 0.3 is 0 Å². The van der Waals surface area contributed by atoms with E-state index in [1.807, 2.05) is 0 Å². The standard InChI is InChI=1S/C13H20O9/c1-2-7(16)8(17)3-6(9(18)4-14)11(20)13(22)12(21)10(19)5-15/h3-4,7-8,10,12-13,15-17,19,21-22H,2,5H2,1H3/b6-3+. The number of Topliss-reactive ketones (excluding diaryl/α,β-unsaturated/α-hetero) is 2. The average Bonchev–Trinajstić information content (AvgIpc) is 2.54. The maximum atomic E-state index is 11.9. The van der Waals surface area contributed by atoms with Crippen molar-refractivity contribution in [1.82, 2.24) is 0 Å². The van der Waals surface area contributed by atoms with Gasteiger partial charge in [-0.15, -0.1) is 0 Å². The predicted octanol–water partition coefficient (Wildman–Crippen LogP) is -3.54. The molecule has 0 radical (unpaired) electrons. The minimum Gasteiger partial charge on any atom is -0.394 e. The molecule has 5 atom stereocenters. The molecule has 0 aromatic carbocycles. The molecule has 0 saturated carbocycles. The van der Waals surface area contributed by atoms with E-state index in [1.165, 1.54) is 6.92 Å². The van der Waals surface area contributed by atoms with E-state index < -0.39 is 54.3 Å². The van der Waals surface area contributed by atoms with Crippen molar-refractivity contribution in [3.8, 4) is 0 Å². The average molecular weight is 320 g/mol. The van der Waals surface area contributed by atoms with Gasteiger partial charge in [0.2, 0.25) is 5.78 Å². The van der Waals surface area contributed by atoms with Gasteiger partial charge in [-0.1, -0.05) is 6.92 Å². The van der Waals surface area contributed by atoms with Gasteiger partial charge in [0.15, 0.2) is 12.1 Å². The van der Waals surface area contributed by atoms with E-state index in [-0.39, 0.29) is 12.7 Å². The van der Waals surface area contributed by atoms with Crippen LogP contribution < -0.4 is 0 Å². The molecule has 0 aliphatic carbocycles. The van der Waals surface area contributed by atoms with Crippen molar-refractivity contribution in [2.45, 2.75) is 43.9 Å². The summed E-state index contributed by atoms with van der Waals surface area (Å²) < 4.78 is 0. The van der Waals surface area contributed by atoms with Crippen molar-refractivity contribution in [2.24, 2.45) is 0 Å². The van der Waals surface area contributed by atoms with E-state index in [9.17, 15) is 34.8 Å². The minimum absolute atomic E-state index is 0.0861. The van der Waals surface area contributed by atoms with Crippen molar-refractivity contribution in [3.05, 3.63) is 11.6 Å². The first kappa shape index (κ1) is 20.5. The topological polar surface area (TPSA) is 173 Å². The lowest BCUT2D eigenvalue weighted by Crippen LogP contribution is -2.45. The third-order valence-electron chi connectivity index (χ3n) is 2.96. The summed E-state index contributed by atoms with van der Waals surface area (Å²) in [4.78, 5) is 33.9. The van der Waals surface area contributed by atoms with Gasteiger partial charge < -0.3 is 30.6 Å². The lowest BCUT2D eigenvalue weighted by Gasteiger charge is -2.21. The van der Waals surface area contributed by atoms with Gasteiger partial charge in [0.05, 0.1) is 24.4 Å². The zero-order valence-electron chi connectivity index (χ0n) is 11.9. The summed E-state index contributed by atoms with van der Waals surface area (Å²) in [5.74, 6) is -2.81. The number of aliphatic hydroxyl groups is 6. The van der Waals surface area contributed by atoms with Crippen LogP contribution in [0.15, 0.2) is 11.6 Å². The Morgan fingerprint density at radius 2 is 1.59 bits per heavy atom. The monoisotopic (exact) mass is 320 g/mol. The smallest absolute Gasteiger partial charge is 0.228 e. The summed E-state index contributed by atoms with van der Waals surface area (Å²) >= 11 is 0. The maximum Gasteiger partial charge on any atom is 0.228 e. The van der Waals surface area contributed by atoms with Gasteiger partial charge in [-0.25, -0.2) is 0 Å². The predicted molar refractivity (Wildman–Crippen MR) is 71.6 cm³/mol. The minimum atomic E-state index is -2.30. The van der Waals surface area contributed by atoms with Crippen LogP contribution in [0.2, 0.25) is 0 Å². The lowest BCUT2D eigenvalue weighted by atomic mass is 9.94. The van der Waals surface area contributed by atoms with Crippen LogP contribution in [0.25, 0.3) is 0 Å². The molecule has 0 amide bonds. The number of carbonyl (C=O) groups is 3. The van der Waals surface area contributed by atoms with Crippen molar-refractivity contribution >= 4 is 17.9 Å². The molecule has 9 nitrogen and oxygen atoms in total. The second-order valence-electron chi connectivity index (χ2n) is 4.58. The van der Waals surface area contributed by atoms with Crippen LogP contribution in [-0.4, -0.2) is 85.6 Å². The zero-order valence-corrected chi connectivity index (χ0v) is 11.9. The molecule has 0 aromatic heterocycles. The highest BCUT2D eigenvalue weighted by Crippen LogP contribution is 2.11. The van der Waals surface area contributed by atoms with Crippen LogP contribution in [0, 0.1) is 0 Å². The van der Waals surface area contributed by atoms with E-state index >= 15 is 0 Å². The maximum absolute atomic E-state index is 11.9. The number of ketones is 2. The van der Waals surface area contributed by atoms with E-state index in [0.717, 1.165) is 0 Å². The molecule has 0 heterocycles. The van der Waals surface area contributed by atoms with E-state index in [4.69, 9.17) is 10.2 Å². The molecule has 6 N–H and O–H groups in total. The quantitative estimate of drug-likeness (QED) is 0.0783. The molecular weight excluding hydrogens is 300 g/mol. The number of carbonyl (C=O) groups excluding carboxylic acids is 3. The Kier molecular flexibility index (Phi) is 8.87. The fourth-order valence-electron chi connectivity index (χ4n) is 1.51. The van der Waals surface area contributed by atoms with Crippen LogP contribution in [0.4, 0.5) is 0 Å². The summed E-state index contributed by atoms with van der Waals surface area (Å²) in [6, 6.07) is 0. The molecule has 126 valence electrons. The molecule has 0 saturated heterocycles. The van der Waals surface area contributed by atoms with Crippen molar-refractivity contribution < 1.29 is 45.0 Å². The second kappa shape index (κ2) is 9.51. The first-order chi connectivity index (χ1) is 10.2. The van der Waals surface area contributed by atoms with Crippen LogP contribution in [0.1, 0.15) is 13.3 Å². The summed E-state index contributed by atoms with van der Waals surface area (Å²) in [5.41, 5.74) is -0.938. The fraction of sp³-hybridized carbons (Fsp3) is 0.615. The number of rotatable bonds is 10. The molecule has 0 bridgehead atoms. The van der Waals surface area contributed by atoms with E-state index in [0.29, 0.717) is 6.08 Å². The number of aliphatic hydroxyl groups excluding tert-OH is 6. The summed E-state index contributed by atoms with van der Waals surface area (Å²) in [5, 5.41) is 55.8. The third kappa shape index (κ3) is 5.37. The number of aldehydes is 1. The highest BCUT2D eigenvalue weighted by molar-refractivity contribution is 6.42. The molecule has 0 aliphatic heterocycles. The van der Waals surface area contributed by atoms with Crippen LogP contribution in [0.5, 0.6) is 0 Å². The van der Waals surface area contributed by atoms with Crippen molar-refractivity contribution in [1.29, 1.82) is 0 Å². The summed E-state index contributed by atoms with van der Waals surface area (Å²) in [7, 11) is 0. The second-order valence-corrected chi connectivity index (χ2v) is 4.58. The van der Waals surface area contributed by atoms with Crippen LogP contribution in [0.3, 0.4) is 0 Å². The fourth-order valence-corrected chi connectivity index (χ4v) is 1.51.